The molecular formula is C21H19N5OS2. The van der Waals surface area contributed by atoms with Gasteiger partial charge in [0.1, 0.15) is 0 Å². The normalized spacial score (nSPS) is 10.8. The lowest BCUT2D eigenvalue weighted by atomic mass is 10.2. The molecule has 0 saturated heterocycles. The number of carbonyl (C=O) groups excluding carboxylic acids is 1. The number of hydrogen-bond acceptors (Lipinski definition) is 6. The van der Waals surface area contributed by atoms with Crippen molar-refractivity contribution >= 4 is 34.1 Å². The van der Waals surface area contributed by atoms with Gasteiger partial charge < -0.3 is 0 Å². The van der Waals surface area contributed by atoms with Gasteiger partial charge in [-0.1, -0.05) is 53.4 Å². The average Bonchev–Trinajstić information content (AvgIpc) is 3.32. The van der Waals surface area contributed by atoms with Gasteiger partial charge in [0.05, 0.1) is 11.4 Å². The van der Waals surface area contributed by atoms with Crippen molar-refractivity contribution in [3.63, 3.8) is 0 Å². The Labute approximate surface area is 177 Å². The molecule has 2 aromatic carbocycles. The Balaban J connectivity index is 1.38. The molecular weight excluding hydrogens is 402 g/mol. The van der Waals surface area contributed by atoms with Gasteiger partial charge in [0.25, 0.3) is 5.91 Å². The first-order chi connectivity index (χ1) is 14.1. The van der Waals surface area contributed by atoms with Crippen molar-refractivity contribution in [2.45, 2.75) is 23.9 Å². The van der Waals surface area contributed by atoms with E-state index in [1.807, 2.05) is 54.9 Å². The molecule has 0 atom stereocenters. The van der Waals surface area contributed by atoms with Crippen LogP contribution in [0.4, 0.5) is 5.13 Å². The van der Waals surface area contributed by atoms with E-state index in [1.165, 1.54) is 16.9 Å². The maximum atomic E-state index is 12.5. The molecule has 6 nitrogen and oxygen atoms in total. The monoisotopic (exact) mass is 421 g/mol. The lowest BCUT2D eigenvalue weighted by Crippen LogP contribution is -2.12. The number of hydrogen-bond donors (Lipinski definition) is 1. The highest BCUT2D eigenvalue weighted by Crippen LogP contribution is 2.28. The minimum absolute atomic E-state index is 0.208. The van der Waals surface area contributed by atoms with Crippen LogP contribution in [0, 0.1) is 13.8 Å². The summed E-state index contributed by atoms with van der Waals surface area (Å²) in [5.74, 6) is 0.609. The van der Waals surface area contributed by atoms with E-state index in [0.29, 0.717) is 10.7 Å². The quantitative estimate of drug-likeness (QED) is 0.355. The van der Waals surface area contributed by atoms with Crippen LogP contribution in [-0.2, 0) is 5.75 Å². The van der Waals surface area contributed by atoms with Crippen molar-refractivity contribution in [1.29, 1.82) is 0 Å². The van der Waals surface area contributed by atoms with E-state index in [9.17, 15) is 4.79 Å². The first kappa shape index (κ1) is 19.4. The first-order valence-corrected chi connectivity index (χ1v) is 10.8. The Kier molecular flexibility index (Phi) is 5.73. The predicted octanol–water partition coefficient (Wildman–Crippen LogP) is 4.89. The number of nitrogens with zero attached hydrogens (tertiary/aromatic N) is 4. The highest BCUT2D eigenvalue weighted by atomic mass is 32.2. The molecule has 4 rings (SSSR count). The summed E-state index contributed by atoms with van der Waals surface area (Å²) in [4.78, 5) is 12.5. The molecule has 1 N–H and O–H groups in total. The second kappa shape index (κ2) is 8.59. The second-order valence-electron chi connectivity index (χ2n) is 6.49. The molecule has 0 unspecified atom stereocenters. The summed E-state index contributed by atoms with van der Waals surface area (Å²) in [5, 5.41) is 16.0. The molecule has 0 aliphatic heterocycles. The third-order valence-corrected chi connectivity index (χ3v) is 6.26. The summed E-state index contributed by atoms with van der Waals surface area (Å²) < 4.78 is 2.68. The van der Waals surface area contributed by atoms with Gasteiger partial charge in [0.15, 0.2) is 4.34 Å². The molecule has 146 valence electrons. The summed E-state index contributed by atoms with van der Waals surface area (Å²) in [6, 6.07) is 19.5. The van der Waals surface area contributed by atoms with Gasteiger partial charge in [-0.2, -0.15) is 5.10 Å². The van der Waals surface area contributed by atoms with Crippen LogP contribution in [0.3, 0.4) is 0 Å². The summed E-state index contributed by atoms with van der Waals surface area (Å²) in [6.45, 7) is 3.96. The standard InChI is InChI=1S/C21H19N5OS2/c1-14-12-15(2)26(25-14)18-10-8-17(9-11-18)19(27)22-20-23-24-21(29-20)28-13-16-6-4-3-5-7-16/h3-12H,13H2,1-2H3,(H,22,23,27). The Bertz CT molecular complexity index is 1120. The number of rotatable bonds is 6. The number of carbonyl (C=O) groups is 1. The fourth-order valence-electron chi connectivity index (χ4n) is 2.85. The zero-order valence-electron chi connectivity index (χ0n) is 16.0. The number of nitrogens with one attached hydrogen (secondary N) is 1. The van der Waals surface area contributed by atoms with Gasteiger partial charge in [-0.15, -0.1) is 10.2 Å². The molecule has 0 fully saturated rings. The van der Waals surface area contributed by atoms with Crippen molar-refractivity contribution in [2.75, 3.05) is 5.32 Å². The van der Waals surface area contributed by atoms with E-state index in [0.717, 1.165) is 27.2 Å². The number of thioether (sulfide) groups is 1. The largest absolute Gasteiger partial charge is 0.296 e. The Morgan fingerprint density at radius 3 is 2.52 bits per heavy atom. The Hall–Kier alpha value is -2.97. The van der Waals surface area contributed by atoms with E-state index in [-0.39, 0.29) is 5.91 Å². The summed E-state index contributed by atoms with van der Waals surface area (Å²) in [7, 11) is 0. The molecule has 2 heterocycles. The predicted molar refractivity (Wildman–Crippen MR) is 117 cm³/mol. The summed E-state index contributed by atoms with van der Waals surface area (Å²) >= 11 is 2.98. The van der Waals surface area contributed by atoms with E-state index < -0.39 is 0 Å². The van der Waals surface area contributed by atoms with Gasteiger partial charge in [0, 0.05) is 17.0 Å². The Morgan fingerprint density at radius 2 is 1.83 bits per heavy atom. The number of benzene rings is 2. The maximum Gasteiger partial charge on any atom is 0.257 e. The zero-order chi connectivity index (χ0) is 20.2. The number of amides is 1. The first-order valence-electron chi connectivity index (χ1n) is 9.04. The second-order valence-corrected chi connectivity index (χ2v) is 8.69. The van der Waals surface area contributed by atoms with Crippen LogP contribution in [0.25, 0.3) is 5.69 Å². The van der Waals surface area contributed by atoms with E-state index in [1.54, 1.807) is 23.9 Å². The van der Waals surface area contributed by atoms with Crippen molar-refractivity contribution in [3.05, 3.63) is 83.2 Å². The number of aromatic nitrogens is 4. The van der Waals surface area contributed by atoms with Gasteiger partial charge in [-0.3, -0.25) is 10.1 Å². The SMILES string of the molecule is Cc1cc(C)n(-c2ccc(C(=O)Nc3nnc(SCc4ccccc4)s3)cc2)n1. The highest BCUT2D eigenvalue weighted by Gasteiger charge is 2.12. The van der Waals surface area contributed by atoms with Crippen LogP contribution in [0.1, 0.15) is 27.3 Å². The minimum Gasteiger partial charge on any atom is -0.296 e. The lowest BCUT2D eigenvalue weighted by molar-refractivity contribution is 0.102. The molecule has 0 bridgehead atoms. The van der Waals surface area contributed by atoms with Crippen LogP contribution < -0.4 is 5.32 Å². The van der Waals surface area contributed by atoms with Crippen molar-refractivity contribution < 1.29 is 4.79 Å². The molecule has 0 aliphatic rings. The van der Waals surface area contributed by atoms with Gasteiger partial charge in [-0.25, -0.2) is 4.68 Å². The zero-order valence-corrected chi connectivity index (χ0v) is 17.6. The van der Waals surface area contributed by atoms with Gasteiger partial charge in [0.2, 0.25) is 5.13 Å². The summed E-state index contributed by atoms with van der Waals surface area (Å²) in [5.41, 5.74) is 4.71. The van der Waals surface area contributed by atoms with Gasteiger partial charge in [-0.05, 0) is 49.7 Å². The van der Waals surface area contributed by atoms with Crippen molar-refractivity contribution in [2.24, 2.45) is 0 Å². The lowest BCUT2D eigenvalue weighted by Gasteiger charge is -2.06. The fourth-order valence-corrected chi connectivity index (χ4v) is 4.55. The van der Waals surface area contributed by atoms with Crippen LogP contribution >= 0.6 is 23.1 Å². The van der Waals surface area contributed by atoms with Crippen molar-refractivity contribution in [3.8, 4) is 5.69 Å². The smallest absolute Gasteiger partial charge is 0.257 e. The maximum absolute atomic E-state index is 12.5. The molecule has 8 heteroatoms. The van der Waals surface area contributed by atoms with E-state index in [4.69, 9.17) is 0 Å². The van der Waals surface area contributed by atoms with Crippen molar-refractivity contribution in [1.82, 2.24) is 20.0 Å². The van der Waals surface area contributed by atoms with Crippen LogP contribution in [0.5, 0.6) is 0 Å². The molecule has 29 heavy (non-hydrogen) atoms. The molecule has 1 amide bonds. The van der Waals surface area contributed by atoms with Crippen LogP contribution in [0.2, 0.25) is 0 Å². The molecule has 0 aliphatic carbocycles. The topological polar surface area (TPSA) is 72.7 Å². The molecule has 2 aromatic heterocycles. The third kappa shape index (κ3) is 4.72. The molecule has 0 spiro atoms. The van der Waals surface area contributed by atoms with E-state index in [2.05, 4.69) is 32.7 Å². The fraction of sp³-hybridized carbons (Fsp3) is 0.143. The molecule has 4 aromatic rings. The Morgan fingerprint density at radius 1 is 1.07 bits per heavy atom. The average molecular weight is 422 g/mol. The minimum atomic E-state index is -0.208. The third-order valence-electron chi connectivity index (χ3n) is 4.22. The van der Waals surface area contributed by atoms with Gasteiger partial charge >= 0.3 is 0 Å². The molecule has 0 saturated carbocycles. The summed E-state index contributed by atoms with van der Waals surface area (Å²) in [6.07, 6.45) is 0. The van der Waals surface area contributed by atoms with E-state index >= 15 is 0 Å². The van der Waals surface area contributed by atoms with Crippen LogP contribution in [0.15, 0.2) is 65.0 Å². The molecule has 0 radical (unpaired) electrons. The highest BCUT2D eigenvalue weighted by molar-refractivity contribution is 8.00. The number of aryl methyl sites for hydroxylation is 2. The number of anilines is 1. The van der Waals surface area contributed by atoms with Crippen LogP contribution in [-0.4, -0.2) is 25.9 Å².